The average molecular weight is 538 g/mol. The summed E-state index contributed by atoms with van der Waals surface area (Å²) in [6.07, 6.45) is 1.83. The van der Waals surface area contributed by atoms with Crippen LogP contribution in [-0.2, 0) is 0 Å². The van der Waals surface area contributed by atoms with E-state index in [1.165, 1.54) is 5.56 Å². The van der Waals surface area contributed by atoms with Gasteiger partial charge in [0.05, 0.1) is 17.8 Å². The highest BCUT2D eigenvalue weighted by molar-refractivity contribution is 9.10. The van der Waals surface area contributed by atoms with Crippen LogP contribution in [0.5, 0.6) is 0 Å². The first-order valence-electron chi connectivity index (χ1n) is 10.6. The Morgan fingerprint density at radius 1 is 0.970 bits per heavy atom. The first-order chi connectivity index (χ1) is 15.9. The maximum absolute atomic E-state index is 6.14. The van der Waals surface area contributed by atoms with Crippen molar-refractivity contribution in [2.45, 2.75) is 25.9 Å². The molecule has 0 radical (unpaired) electrons. The highest BCUT2D eigenvalue weighted by Crippen LogP contribution is 2.43. The van der Waals surface area contributed by atoms with Gasteiger partial charge in [-0.1, -0.05) is 33.6 Å². The number of pyridine rings is 1. The molecule has 166 valence electrons. The van der Waals surface area contributed by atoms with E-state index >= 15 is 0 Å². The van der Waals surface area contributed by atoms with Crippen LogP contribution < -0.4 is 10.2 Å². The highest BCUT2D eigenvalue weighted by atomic mass is 79.9. The number of hydrogen-bond donors (Lipinski definition) is 1. The predicted molar refractivity (Wildman–Crippen MR) is 142 cm³/mol. The minimum atomic E-state index is -0.0819. The maximum Gasteiger partial charge on any atom is 0.174 e. The Kier molecular flexibility index (Phi) is 5.99. The molecular weight excluding hydrogens is 516 g/mol. The number of thiocarbonyl (C=S) groups is 1. The van der Waals surface area contributed by atoms with Crippen molar-refractivity contribution in [1.29, 1.82) is 0 Å². The number of nitrogens with one attached hydrogen (secondary N) is 1. The van der Waals surface area contributed by atoms with E-state index in [9.17, 15) is 0 Å². The Bertz CT molecular complexity index is 1300. The second-order valence-corrected chi connectivity index (χ2v) is 9.85. The molecule has 2 atom stereocenters. The summed E-state index contributed by atoms with van der Waals surface area (Å²) in [5, 5.41) is 4.96. The molecule has 1 saturated heterocycles. The zero-order chi connectivity index (χ0) is 23.1. The van der Waals surface area contributed by atoms with Crippen LogP contribution in [-0.4, -0.2) is 14.7 Å². The Labute approximate surface area is 212 Å². The molecule has 1 aliphatic heterocycles. The van der Waals surface area contributed by atoms with Crippen molar-refractivity contribution in [2.24, 2.45) is 0 Å². The fraction of sp³-hybridized carbons (Fsp3) is 0.154. The molecule has 0 spiro atoms. The molecule has 1 aliphatic rings. The largest absolute Gasteiger partial charge is 0.351 e. The second-order valence-electron chi connectivity index (χ2n) is 8.11. The summed E-state index contributed by atoms with van der Waals surface area (Å²) in [6, 6.07) is 24.3. The van der Waals surface area contributed by atoms with Crippen LogP contribution in [0.2, 0.25) is 5.02 Å². The zero-order valence-corrected chi connectivity index (χ0v) is 21.3. The number of aromatic nitrogens is 2. The standard InChI is InChI=1S/C26H22BrClN4S/c1-16-15-22(17(2)31(16)20-12-8-19(28)9-13-20)25-24(23-5-3-4-14-29-23)30-26(33)32(25)21-10-6-18(27)7-11-21/h3-15,24-25H,1-2H3,(H,30,33)/t24-,25-/m0/s1. The summed E-state index contributed by atoms with van der Waals surface area (Å²) in [7, 11) is 0. The summed E-state index contributed by atoms with van der Waals surface area (Å²) >= 11 is 15.5. The minimum Gasteiger partial charge on any atom is -0.351 e. The first kappa shape index (κ1) is 22.1. The van der Waals surface area contributed by atoms with Crippen LogP contribution in [0.1, 0.15) is 34.7 Å². The number of anilines is 1. The third-order valence-electron chi connectivity index (χ3n) is 6.08. The minimum absolute atomic E-state index is 0.0548. The van der Waals surface area contributed by atoms with Crippen molar-refractivity contribution in [2.75, 3.05) is 4.90 Å². The van der Waals surface area contributed by atoms with Crippen LogP contribution >= 0.6 is 39.7 Å². The Morgan fingerprint density at radius 3 is 2.33 bits per heavy atom. The van der Waals surface area contributed by atoms with Gasteiger partial charge >= 0.3 is 0 Å². The van der Waals surface area contributed by atoms with E-state index in [0.29, 0.717) is 5.11 Å². The Balaban J connectivity index is 1.67. The Morgan fingerprint density at radius 2 is 1.67 bits per heavy atom. The van der Waals surface area contributed by atoms with Gasteiger partial charge in [0, 0.05) is 38.5 Å². The molecule has 4 aromatic rings. The van der Waals surface area contributed by atoms with Gasteiger partial charge in [0.2, 0.25) is 0 Å². The van der Waals surface area contributed by atoms with Gasteiger partial charge in [0.1, 0.15) is 0 Å². The number of benzene rings is 2. The van der Waals surface area contributed by atoms with E-state index in [4.69, 9.17) is 23.8 Å². The number of hydrogen-bond acceptors (Lipinski definition) is 2. The smallest absolute Gasteiger partial charge is 0.174 e. The number of aryl methyl sites for hydroxylation is 1. The third kappa shape index (κ3) is 4.07. The van der Waals surface area contributed by atoms with E-state index < -0.39 is 0 Å². The lowest BCUT2D eigenvalue weighted by Gasteiger charge is -2.28. The third-order valence-corrected chi connectivity index (χ3v) is 7.17. The molecule has 0 aliphatic carbocycles. The van der Waals surface area contributed by atoms with Gasteiger partial charge < -0.3 is 14.8 Å². The molecule has 1 fully saturated rings. The van der Waals surface area contributed by atoms with Gasteiger partial charge in [-0.05, 0) is 98.4 Å². The summed E-state index contributed by atoms with van der Waals surface area (Å²) < 4.78 is 3.30. The van der Waals surface area contributed by atoms with Gasteiger partial charge in [0.15, 0.2) is 5.11 Å². The van der Waals surface area contributed by atoms with E-state index in [1.807, 2.05) is 54.7 Å². The molecule has 0 saturated carbocycles. The summed E-state index contributed by atoms with van der Waals surface area (Å²) in [6.45, 7) is 4.29. The molecule has 4 nitrogen and oxygen atoms in total. The van der Waals surface area contributed by atoms with Gasteiger partial charge in [0.25, 0.3) is 0 Å². The number of rotatable bonds is 4. The van der Waals surface area contributed by atoms with E-state index in [1.54, 1.807) is 0 Å². The fourth-order valence-electron chi connectivity index (χ4n) is 4.63. The lowest BCUT2D eigenvalue weighted by Crippen LogP contribution is -2.29. The Hall–Kier alpha value is -2.67. The van der Waals surface area contributed by atoms with Crippen molar-refractivity contribution in [3.63, 3.8) is 0 Å². The molecule has 3 heterocycles. The quantitative estimate of drug-likeness (QED) is 0.282. The van der Waals surface area contributed by atoms with Gasteiger partial charge in [-0.25, -0.2) is 0 Å². The molecule has 1 N–H and O–H groups in total. The predicted octanol–water partition coefficient (Wildman–Crippen LogP) is 7.08. The van der Waals surface area contributed by atoms with Gasteiger partial charge in [-0.15, -0.1) is 0 Å². The SMILES string of the molecule is Cc1cc([C@H]2[C@H](c3ccccn3)NC(=S)N2c2ccc(Br)cc2)c(C)n1-c1ccc(Cl)cc1. The topological polar surface area (TPSA) is 33.1 Å². The average Bonchev–Trinajstić information content (AvgIpc) is 3.31. The monoisotopic (exact) mass is 536 g/mol. The molecule has 0 bridgehead atoms. The maximum atomic E-state index is 6.14. The molecule has 33 heavy (non-hydrogen) atoms. The normalized spacial score (nSPS) is 17.9. The van der Waals surface area contributed by atoms with Crippen LogP contribution in [0.3, 0.4) is 0 Å². The molecule has 0 amide bonds. The first-order valence-corrected chi connectivity index (χ1v) is 12.2. The highest BCUT2D eigenvalue weighted by Gasteiger charge is 2.42. The van der Waals surface area contributed by atoms with Crippen molar-refractivity contribution in [1.82, 2.24) is 14.9 Å². The van der Waals surface area contributed by atoms with Crippen LogP contribution in [0.25, 0.3) is 5.69 Å². The molecule has 2 aromatic carbocycles. The van der Waals surface area contributed by atoms with Crippen molar-refractivity contribution in [3.05, 3.63) is 111 Å². The van der Waals surface area contributed by atoms with Crippen molar-refractivity contribution < 1.29 is 0 Å². The molecule has 0 unspecified atom stereocenters. The van der Waals surface area contributed by atoms with Crippen molar-refractivity contribution in [3.8, 4) is 5.69 Å². The van der Waals surface area contributed by atoms with Gasteiger partial charge in [-0.3, -0.25) is 4.98 Å². The van der Waals surface area contributed by atoms with Crippen LogP contribution in [0, 0.1) is 13.8 Å². The molecule has 5 rings (SSSR count). The van der Waals surface area contributed by atoms with Crippen LogP contribution in [0.15, 0.2) is 83.5 Å². The molecular formula is C26H22BrClN4S. The lowest BCUT2D eigenvalue weighted by molar-refractivity contribution is 0.565. The summed E-state index contributed by atoms with van der Waals surface area (Å²) in [4.78, 5) is 6.87. The molecule has 2 aromatic heterocycles. The zero-order valence-electron chi connectivity index (χ0n) is 18.2. The fourth-order valence-corrected chi connectivity index (χ4v) is 5.36. The van der Waals surface area contributed by atoms with E-state index in [0.717, 1.165) is 38.0 Å². The lowest BCUT2D eigenvalue weighted by atomic mass is 9.96. The second kappa shape index (κ2) is 8.93. The summed E-state index contributed by atoms with van der Waals surface area (Å²) in [5.74, 6) is 0. The molecule has 7 heteroatoms. The van der Waals surface area contributed by atoms with E-state index in [2.05, 4.69) is 73.8 Å². The van der Waals surface area contributed by atoms with Gasteiger partial charge in [-0.2, -0.15) is 0 Å². The number of halogens is 2. The summed E-state index contributed by atoms with van der Waals surface area (Å²) in [5.41, 5.74) is 6.59. The number of nitrogens with zero attached hydrogens (tertiary/aromatic N) is 3. The van der Waals surface area contributed by atoms with Crippen LogP contribution in [0.4, 0.5) is 5.69 Å². The van der Waals surface area contributed by atoms with Crippen molar-refractivity contribution >= 4 is 50.5 Å². The van der Waals surface area contributed by atoms with E-state index in [-0.39, 0.29) is 12.1 Å².